The molecule has 0 radical (unpaired) electrons. The Bertz CT molecular complexity index is 337. The molecule has 0 saturated carbocycles. The lowest BCUT2D eigenvalue weighted by Crippen LogP contribution is -2.28. The SMILES string of the molecule is Nc1ccc(Br)cc1NC1CCOCC1. The molecule has 1 heterocycles. The molecule has 1 fully saturated rings. The van der Waals surface area contributed by atoms with Crippen LogP contribution in [0.3, 0.4) is 0 Å². The molecule has 82 valence electrons. The molecule has 3 N–H and O–H groups in total. The molecular weight excluding hydrogens is 256 g/mol. The van der Waals surface area contributed by atoms with Gasteiger partial charge in [-0.3, -0.25) is 0 Å². The standard InChI is InChI=1S/C11H15BrN2O/c12-8-1-2-10(13)11(7-8)14-9-3-5-15-6-4-9/h1-2,7,9,14H,3-6,13H2. The predicted molar refractivity (Wildman–Crippen MR) is 66.0 cm³/mol. The largest absolute Gasteiger partial charge is 0.397 e. The van der Waals surface area contributed by atoms with Crippen LogP contribution in [0.2, 0.25) is 0 Å². The Morgan fingerprint density at radius 1 is 1.33 bits per heavy atom. The smallest absolute Gasteiger partial charge is 0.0587 e. The summed E-state index contributed by atoms with van der Waals surface area (Å²) >= 11 is 3.44. The van der Waals surface area contributed by atoms with Crippen molar-refractivity contribution in [2.24, 2.45) is 0 Å². The van der Waals surface area contributed by atoms with E-state index in [1.54, 1.807) is 0 Å². The van der Waals surface area contributed by atoms with E-state index in [0.717, 1.165) is 41.9 Å². The number of nitrogen functional groups attached to an aromatic ring is 1. The minimum absolute atomic E-state index is 0.482. The van der Waals surface area contributed by atoms with E-state index in [-0.39, 0.29) is 0 Å². The molecule has 0 bridgehead atoms. The molecule has 1 aromatic rings. The van der Waals surface area contributed by atoms with E-state index >= 15 is 0 Å². The molecule has 0 amide bonds. The average molecular weight is 271 g/mol. The highest BCUT2D eigenvalue weighted by atomic mass is 79.9. The average Bonchev–Trinajstić information content (AvgIpc) is 2.25. The molecule has 0 unspecified atom stereocenters. The number of rotatable bonds is 2. The van der Waals surface area contributed by atoms with E-state index in [1.807, 2.05) is 18.2 Å². The topological polar surface area (TPSA) is 47.3 Å². The molecule has 2 rings (SSSR count). The van der Waals surface area contributed by atoms with Gasteiger partial charge in [0.15, 0.2) is 0 Å². The molecule has 0 spiro atoms. The minimum atomic E-state index is 0.482. The van der Waals surface area contributed by atoms with Gasteiger partial charge in [-0.15, -0.1) is 0 Å². The Hall–Kier alpha value is -0.740. The van der Waals surface area contributed by atoms with Crippen molar-refractivity contribution in [3.05, 3.63) is 22.7 Å². The second-order valence-corrected chi connectivity index (χ2v) is 4.68. The molecule has 1 aliphatic heterocycles. The van der Waals surface area contributed by atoms with Gasteiger partial charge in [-0.05, 0) is 31.0 Å². The van der Waals surface area contributed by atoms with Crippen molar-refractivity contribution in [3.63, 3.8) is 0 Å². The highest BCUT2D eigenvalue weighted by molar-refractivity contribution is 9.10. The third-order valence-electron chi connectivity index (χ3n) is 2.60. The van der Waals surface area contributed by atoms with Crippen molar-refractivity contribution >= 4 is 27.3 Å². The maximum Gasteiger partial charge on any atom is 0.0587 e. The van der Waals surface area contributed by atoms with Crippen LogP contribution in [-0.2, 0) is 4.74 Å². The van der Waals surface area contributed by atoms with E-state index in [9.17, 15) is 0 Å². The second kappa shape index (κ2) is 4.86. The van der Waals surface area contributed by atoms with Gasteiger partial charge in [0.25, 0.3) is 0 Å². The Labute approximate surface area is 98.1 Å². The van der Waals surface area contributed by atoms with Gasteiger partial charge in [-0.25, -0.2) is 0 Å². The molecular formula is C11H15BrN2O. The highest BCUT2D eigenvalue weighted by Gasteiger charge is 2.14. The summed E-state index contributed by atoms with van der Waals surface area (Å²) in [5, 5.41) is 3.45. The first kappa shape index (κ1) is 10.8. The summed E-state index contributed by atoms with van der Waals surface area (Å²) in [6, 6.07) is 6.36. The lowest BCUT2D eigenvalue weighted by Gasteiger charge is -2.24. The van der Waals surface area contributed by atoms with Crippen molar-refractivity contribution in [3.8, 4) is 0 Å². The lowest BCUT2D eigenvalue weighted by molar-refractivity contribution is 0.0904. The van der Waals surface area contributed by atoms with Crippen LogP contribution in [-0.4, -0.2) is 19.3 Å². The van der Waals surface area contributed by atoms with E-state index in [2.05, 4.69) is 21.2 Å². The van der Waals surface area contributed by atoms with Crippen molar-refractivity contribution in [2.75, 3.05) is 24.3 Å². The zero-order chi connectivity index (χ0) is 10.7. The van der Waals surface area contributed by atoms with Crippen molar-refractivity contribution in [1.29, 1.82) is 0 Å². The van der Waals surface area contributed by atoms with Gasteiger partial charge in [-0.1, -0.05) is 15.9 Å². The maximum absolute atomic E-state index is 5.89. The van der Waals surface area contributed by atoms with E-state index in [0.29, 0.717) is 6.04 Å². The van der Waals surface area contributed by atoms with Gasteiger partial charge < -0.3 is 15.8 Å². The number of ether oxygens (including phenoxy) is 1. The molecule has 0 aromatic heterocycles. The minimum Gasteiger partial charge on any atom is -0.397 e. The fourth-order valence-electron chi connectivity index (χ4n) is 1.72. The first-order valence-corrected chi connectivity index (χ1v) is 5.94. The molecule has 0 aliphatic carbocycles. The van der Waals surface area contributed by atoms with Gasteiger partial charge in [0.1, 0.15) is 0 Å². The van der Waals surface area contributed by atoms with Crippen molar-refractivity contribution in [2.45, 2.75) is 18.9 Å². The fraction of sp³-hybridized carbons (Fsp3) is 0.455. The van der Waals surface area contributed by atoms with Crippen LogP contribution in [0.5, 0.6) is 0 Å². The number of hydrogen-bond acceptors (Lipinski definition) is 3. The van der Waals surface area contributed by atoms with Gasteiger partial charge in [0, 0.05) is 23.7 Å². The monoisotopic (exact) mass is 270 g/mol. The molecule has 1 aliphatic rings. The summed E-state index contributed by atoms with van der Waals surface area (Å²) in [5.41, 5.74) is 7.70. The van der Waals surface area contributed by atoms with Crippen molar-refractivity contribution in [1.82, 2.24) is 0 Å². The summed E-state index contributed by atoms with van der Waals surface area (Å²) in [4.78, 5) is 0. The fourth-order valence-corrected chi connectivity index (χ4v) is 2.08. The third-order valence-corrected chi connectivity index (χ3v) is 3.09. The lowest BCUT2D eigenvalue weighted by atomic mass is 10.1. The van der Waals surface area contributed by atoms with Gasteiger partial charge in [-0.2, -0.15) is 0 Å². The van der Waals surface area contributed by atoms with Crippen LogP contribution >= 0.6 is 15.9 Å². The van der Waals surface area contributed by atoms with E-state index in [1.165, 1.54) is 0 Å². The first-order chi connectivity index (χ1) is 7.25. The van der Waals surface area contributed by atoms with Crippen LogP contribution < -0.4 is 11.1 Å². The molecule has 15 heavy (non-hydrogen) atoms. The Morgan fingerprint density at radius 3 is 2.80 bits per heavy atom. The van der Waals surface area contributed by atoms with Crippen molar-refractivity contribution < 1.29 is 4.74 Å². The third kappa shape index (κ3) is 2.86. The number of halogens is 1. The highest BCUT2D eigenvalue weighted by Crippen LogP contribution is 2.25. The summed E-state index contributed by atoms with van der Waals surface area (Å²) < 4.78 is 6.36. The van der Waals surface area contributed by atoms with Gasteiger partial charge in [0.2, 0.25) is 0 Å². The predicted octanol–water partition coefficient (Wildman–Crippen LogP) is 2.62. The quantitative estimate of drug-likeness (QED) is 0.813. The number of nitrogens with two attached hydrogens (primary N) is 1. The first-order valence-electron chi connectivity index (χ1n) is 5.15. The van der Waals surface area contributed by atoms with E-state index in [4.69, 9.17) is 10.5 Å². The number of anilines is 2. The molecule has 3 nitrogen and oxygen atoms in total. The summed E-state index contributed by atoms with van der Waals surface area (Å²) in [6.45, 7) is 1.68. The zero-order valence-electron chi connectivity index (χ0n) is 8.50. The number of hydrogen-bond donors (Lipinski definition) is 2. The molecule has 1 saturated heterocycles. The van der Waals surface area contributed by atoms with Crippen LogP contribution in [0.15, 0.2) is 22.7 Å². The zero-order valence-corrected chi connectivity index (χ0v) is 10.1. The van der Waals surface area contributed by atoms with Gasteiger partial charge >= 0.3 is 0 Å². The molecule has 0 atom stereocenters. The molecule has 1 aromatic carbocycles. The summed E-state index contributed by atoms with van der Waals surface area (Å²) in [7, 11) is 0. The normalized spacial score (nSPS) is 17.7. The maximum atomic E-state index is 5.89. The summed E-state index contributed by atoms with van der Waals surface area (Å²) in [6.07, 6.45) is 2.10. The Morgan fingerprint density at radius 2 is 2.07 bits per heavy atom. The second-order valence-electron chi connectivity index (χ2n) is 3.76. The van der Waals surface area contributed by atoms with Crippen LogP contribution in [0.1, 0.15) is 12.8 Å². The Balaban J connectivity index is 2.05. The number of nitrogens with one attached hydrogen (secondary N) is 1. The summed E-state index contributed by atoms with van der Waals surface area (Å²) in [5.74, 6) is 0. The Kier molecular flexibility index (Phi) is 3.49. The van der Waals surface area contributed by atoms with E-state index < -0.39 is 0 Å². The number of benzene rings is 1. The molecule has 4 heteroatoms. The van der Waals surface area contributed by atoms with Crippen LogP contribution in [0.25, 0.3) is 0 Å². The van der Waals surface area contributed by atoms with Gasteiger partial charge in [0.05, 0.1) is 11.4 Å². The van der Waals surface area contributed by atoms with Crippen LogP contribution in [0, 0.1) is 0 Å². The van der Waals surface area contributed by atoms with Crippen LogP contribution in [0.4, 0.5) is 11.4 Å².